The van der Waals surface area contributed by atoms with Gasteiger partial charge in [-0.1, -0.05) is 0 Å². The van der Waals surface area contributed by atoms with Crippen molar-refractivity contribution < 1.29 is 14.3 Å². The summed E-state index contributed by atoms with van der Waals surface area (Å²) in [5.74, 6) is -0.320. The van der Waals surface area contributed by atoms with E-state index in [1.807, 2.05) is 6.92 Å². The molecular weight excluding hydrogens is 240 g/mol. The average Bonchev–Trinajstić information content (AvgIpc) is 2.69. The van der Waals surface area contributed by atoms with Crippen LogP contribution in [0.1, 0.15) is 10.6 Å². The molecule has 0 spiro atoms. The van der Waals surface area contributed by atoms with Crippen LogP contribution < -0.4 is 4.90 Å². The van der Waals surface area contributed by atoms with Gasteiger partial charge in [0, 0.05) is 11.4 Å². The van der Waals surface area contributed by atoms with Gasteiger partial charge in [0.05, 0.1) is 26.0 Å². The van der Waals surface area contributed by atoms with Crippen LogP contribution in [0.5, 0.6) is 0 Å². The van der Waals surface area contributed by atoms with Crippen LogP contribution in [-0.2, 0) is 14.3 Å². The zero-order chi connectivity index (χ0) is 12.4. The van der Waals surface area contributed by atoms with Crippen molar-refractivity contribution in [1.82, 2.24) is 4.98 Å². The van der Waals surface area contributed by atoms with Crippen LogP contribution in [0.4, 0.5) is 5.13 Å². The number of carbonyl (C=O) groups excluding carboxylic acids is 1. The Kier molecular flexibility index (Phi) is 3.63. The molecule has 0 aromatic carbocycles. The number of hydrogen-bond acceptors (Lipinski definition) is 6. The van der Waals surface area contributed by atoms with E-state index in [1.54, 1.807) is 11.3 Å². The lowest BCUT2D eigenvalue weighted by atomic mass is 10.3. The molecule has 1 atom stereocenters. The van der Waals surface area contributed by atoms with Crippen molar-refractivity contribution >= 4 is 22.4 Å². The third-order valence-corrected chi connectivity index (χ3v) is 3.95. The molecule has 0 bridgehead atoms. The highest BCUT2D eigenvalue weighted by Gasteiger charge is 2.28. The number of morpholine rings is 1. The van der Waals surface area contributed by atoms with Gasteiger partial charge < -0.3 is 14.4 Å². The topological polar surface area (TPSA) is 51.7 Å². The zero-order valence-electron chi connectivity index (χ0n) is 10.2. The smallest absolute Gasteiger partial charge is 0.336 e. The molecule has 5 nitrogen and oxygen atoms in total. The van der Waals surface area contributed by atoms with Crippen molar-refractivity contribution in [2.75, 3.05) is 31.7 Å². The third-order valence-electron chi connectivity index (χ3n) is 2.82. The predicted octanol–water partition coefficient (Wildman–Crippen LogP) is 1.14. The lowest BCUT2D eigenvalue weighted by Crippen LogP contribution is -2.46. The molecule has 2 rings (SSSR count). The van der Waals surface area contributed by atoms with E-state index in [0.717, 1.165) is 17.4 Å². The molecule has 1 saturated heterocycles. The molecule has 0 aliphatic carbocycles. The summed E-state index contributed by atoms with van der Waals surface area (Å²) in [6.07, 6.45) is -0.502. The van der Waals surface area contributed by atoms with E-state index in [-0.39, 0.29) is 5.97 Å². The maximum Gasteiger partial charge on any atom is 0.336 e. The van der Waals surface area contributed by atoms with E-state index in [4.69, 9.17) is 9.47 Å². The molecular formula is C11H16N2O3S. The van der Waals surface area contributed by atoms with Gasteiger partial charge in [0.15, 0.2) is 11.2 Å². The Balaban J connectivity index is 2.09. The second-order valence-electron chi connectivity index (χ2n) is 3.97. The Bertz CT molecular complexity index is 399. The lowest BCUT2D eigenvalue weighted by Gasteiger charge is -2.31. The second kappa shape index (κ2) is 5.01. The molecule has 1 aromatic heterocycles. The summed E-state index contributed by atoms with van der Waals surface area (Å²) in [4.78, 5) is 19.2. The number of thiazole rings is 1. The standard InChI is InChI=1S/C11H16N2O3S/c1-7-8(2)17-11(12-7)13-4-5-16-9(6-13)10(14)15-3/h9H,4-6H2,1-3H3. The van der Waals surface area contributed by atoms with Crippen molar-refractivity contribution in [1.29, 1.82) is 0 Å². The summed E-state index contributed by atoms with van der Waals surface area (Å²) in [5.41, 5.74) is 1.05. The molecule has 0 N–H and O–H groups in total. The van der Waals surface area contributed by atoms with Gasteiger partial charge in [0.1, 0.15) is 0 Å². The maximum atomic E-state index is 11.4. The number of anilines is 1. The Labute approximate surface area is 104 Å². The molecule has 1 unspecified atom stereocenters. The highest BCUT2D eigenvalue weighted by Crippen LogP contribution is 2.26. The number of nitrogens with zero attached hydrogens (tertiary/aromatic N) is 2. The number of rotatable bonds is 2. The normalized spacial score (nSPS) is 20.4. The van der Waals surface area contributed by atoms with E-state index < -0.39 is 6.10 Å². The van der Waals surface area contributed by atoms with Gasteiger partial charge >= 0.3 is 5.97 Å². The summed E-state index contributed by atoms with van der Waals surface area (Å²) in [6, 6.07) is 0. The van der Waals surface area contributed by atoms with Crippen molar-refractivity contribution in [2.24, 2.45) is 0 Å². The second-order valence-corrected chi connectivity index (χ2v) is 5.15. The van der Waals surface area contributed by atoms with Crippen LogP contribution in [0.25, 0.3) is 0 Å². The molecule has 1 aliphatic heterocycles. The number of hydrogen-bond donors (Lipinski definition) is 0. The van der Waals surface area contributed by atoms with Crippen molar-refractivity contribution in [3.8, 4) is 0 Å². The zero-order valence-corrected chi connectivity index (χ0v) is 11.0. The van der Waals surface area contributed by atoms with Crippen molar-refractivity contribution in [3.63, 3.8) is 0 Å². The van der Waals surface area contributed by atoms with Gasteiger partial charge in [-0.3, -0.25) is 0 Å². The number of aryl methyl sites for hydroxylation is 2. The number of aromatic nitrogens is 1. The number of ether oxygens (including phenoxy) is 2. The molecule has 17 heavy (non-hydrogen) atoms. The first-order valence-corrected chi connectivity index (χ1v) is 6.32. The summed E-state index contributed by atoms with van der Waals surface area (Å²) < 4.78 is 10.1. The van der Waals surface area contributed by atoms with Gasteiger partial charge in [-0.15, -0.1) is 11.3 Å². The van der Waals surface area contributed by atoms with E-state index in [1.165, 1.54) is 12.0 Å². The summed E-state index contributed by atoms with van der Waals surface area (Å²) >= 11 is 1.65. The number of esters is 1. The van der Waals surface area contributed by atoms with Crippen molar-refractivity contribution in [3.05, 3.63) is 10.6 Å². The first-order chi connectivity index (χ1) is 8.11. The first kappa shape index (κ1) is 12.3. The SMILES string of the molecule is COC(=O)C1CN(c2nc(C)c(C)s2)CCO1. The Morgan fingerprint density at radius 3 is 2.94 bits per heavy atom. The molecule has 1 aromatic rings. The number of methoxy groups -OCH3 is 1. The molecule has 0 saturated carbocycles. The van der Waals surface area contributed by atoms with Crippen LogP contribution in [0.15, 0.2) is 0 Å². The molecule has 0 amide bonds. The molecule has 6 heteroatoms. The fourth-order valence-electron chi connectivity index (χ4n) is 1.69. The highest BCUT2D eigenvalue weighted by atomic mass is 32.1. The minimum absolute atomic E-state index is 0.320. The highest BCUT2D eigenvalue weighted by molar-refractivity contribution is 7.15. The van der Waals surface area contributed by atoms with Gasteiger partial charge in [0.25, 0.3) is 0 Å². The summed E-state index contributed by atoms with van der Waals surface area (Å²) in [5, 5.41) is 0.956. The Morgan fingerprint density at radius 2 is 2.35 bits per heavy atom. The van der Waals surface area contributed by atoms with E-state index in [0.29, 0.717) is 13.2 Å². The molecule has 0 radical (unpaired) electrons. The minimum atomic E-state index is -0.502. The molecule has 2 heterocycles. The fourth-order valence-corrected chi connectivity index (χ4v) is 2.63. The monoisotopic (exact) mass is 256 g/mol. The first-order valence-electron chi connectivity index (χ1n) is 5.50. The van der Waals surface area contributed by atoms with Crippen LogP contribution in [0, 0.1) is 13.8 Å². The fraction of sp³-hybridized carbons (Fsp3) is 0.636. The van der Waals surface area contributed by atoms with Crippen LogP contribution in [0.2, 0.25) is 0 Å². The molecule has 1 aliphatic rings. The van der Waals surface area contributed by atoms with Crippen LogP contribution in [0.3, 0.4) is 0 Å². The minimum Gasteiger partial charge on any atom is -0.467 e. The van der Waals surface area contributed by atoms with Crippen LogP contribution >= 0.6 is 11.3 Å². The average molecular weight is 256 g/mol. The van der Waals surface area contributed by atoms with Crippen LogP contribution in [-0.4, -0.2) is 43.9 Å². The van der Waals surface area contributed by atoms with Crippen molar-refractivity contribution in [2.45, 2.75) is 20.0 Å². The maximum absolute atomic E-state index is 11.4. The molecule has 94 valence electrons. The number of carbonyl (C=O) groups is 1. The Morgan fingerprint density at radius 1 is 1.59 bits per heavy atom. The van der Waals surface area contributed by atoms with E-state index in [2.05, 4.69) is 16.8 Å². The van der Waals surface area contributed by atoms with E-state index in [9.17, 15) is 4.79 Å². The van der Waals surface area contributed by atoms with Gasteiger partial charge in [0.2, 0.25) is 0 Å². The third kappa shape index (κ3) is 2.58. The van der Waals surface area contributed by atoms with Gasteiger partial charge in [-0.2, -0.15) is 0 Å². The largest absolute Gasteiger partial charge is 0.467 e. The summed E-state index contributed by atoms with van der Waals surface area (Å²) in [6.45, 7) is 5.85. The van der Waals surface area contributed by atoms with E-state index >= 15 is 0 Å². The lowest BCUT2D eigenvalue weighted by molar-refractivity contribution is -0.154. The molecule has 1 fully saturated rings. The summed E-state index contributed by atoms with van der Waals surface area (Å²) in [7, 11) is 1.38. The van der Waals surface area contributed by atoms with Gasteiger partial charge in [-0.05, 0) is 13.8 Å². The predicted molar refractivity (Wildman–Crippen MR) is 65.6 cm³/mol. The van der Waals surface area contributed by atoms with Gasteiger partial charge in [-0.25, -0.2) is 9.78 Å². The Hall–Kier alpha value is -1.14. The quantitative estimate of drug-likeness (QED) is 0.743.